The van der Waals surface area contributed by atoms with Crippen molar-refractivity contribution in [2.45, 2.75) is 39.3 Å². The van der Waals surface area contributed by atoms with Crippen LogP contribution in [0.15, 0.2) is 0 Å². The Bertz CT molecular complexity index is 628. The highest BCUT2D eigenvalue weighted by molar-refractivity contribution is 7.18. The SMILES string of the molecule is Cc1sc2nc(CN3CCC(N)CC3)nc(N)c2c1C. The molecule has 3 heterocycles. The van der Waals surface area contributed by atoms with E-state index in [-0.39, 0.29) is 0 Å². The topological polar surface area (TPSA) is 81.1 Å². The average Bonchev–Trinajstić information content (AvgIpc) is 2.68. The van der Waals surface area contributed by atoms with Gasteiger partial charge in [0.2, 0.25) is 0 Å². The lowest BCUT2D eigenvalue weighted by molar-refractivity contribution is 0.201. The van der Waals surface area contributed by atoms with E-state index in [1.165, 1.54) is 10.4 Å². The largest absolute Gasteiger partial charge is 0.383 e. The van der Waals surface area contributed by atoms with E-state index in [1.54, 1.807) is 11.3 Å². The number of nitrogen functional groups attached to an aromatic ring is 1. The predicted octanol–water partition coefficient (Wildman–Crippen LogP) is 1.81. The Hall–Kier alpha value is -1.24. The Morgan fingerprint density at radius 1 is 1.25 bits per heavy atom. The Kier molecular flexibility index (Phi) is 3.62. The molecule has 108 valence electrons. The fraction of sp³-hybridized carbons (Fsp3) is 0.571. The summed E-state index contributed by atoms with van der Waals surface area (Å²) in [6.07, 6.45) is 2.10. The Balaban J connectivity index is 1.85. The van der Waals surface area contributed by atoms with Gasteiger partial charge in [0.05, 0.1) is 11.9 Å². The molecule has 3 rings (SSSR count). The second-order valence-electron chi connectivity index (χ2n) is 5.60. The van der Waals surface area contributed by atoms with Crippen molar-refractivity contribution in [1.29, 1.82) is 0 Å². The molecule has 0 unspecified atom stereocenters. The molecule has 0 aliphatic carbocycles. The summed E-state index contributed by atoms with van der Waals surface area (Å²) in [4.78, 5) is 13.8. The average molecular weight is 291 g/mol. The lowest BCUT2D eigenvalue weighted by atomic mass is 10.1. The number of thiophene rings is 1. The number of nitrogens with two attached hydrogens (primary N) is 2. The van der Waals surface area contributed by atoms with Gasteiger partial charge in [-0.25, -0.2) is 9.97 Å². The zero-order valence-corrected chi connectivity index (χ0v) is 12.8. The minimum Gasteiger partial charge on any atom is -0.383 e. The molecular formula is C14H21N5S. The molecule has 1 fully saturated rings. The summed E-state index contributed by atoms with van der Waals surface area (Å²) in [5, 5.41) is 1.02. The molecule has 1 saturated heterocycles. The van der Waals surface area contributed by atoms with Gasteiger partial charge in [0.25, 0.3) is 0 Å². The molecular weight excluding hydrogens is 270 g/mol. The number of hydrogen-bond donors (Lipinski definition) is 2. The summed E-state index contributed by atoms with van der Waals surface area (Å²) in [7, 11) is 0. The third kappa shape index (κ3) is 2.51. The maximum Gasteiger partial charge on any atom is 0.146 e. The fourth-order valence-corrected chi connectivity index (χ4v) is 3.76. The summed E-state index contributed by atoms with van der Waals surface area (Å²) in [5.74, 6) is 1.44. The van der Waals surface area contributed by atoms with E-state index in [4.69, 9.17) is 11.5 Å². The zero-order valence-electron chi connectivity index (χ0n) is 12.0. The number of fused-ring (bicyclic) bond motifs is 1. The van der Waals surface area contributed by atoms with Gasteiger partial charge in [-0.2, -0.15) is 0 Å². The second-order valence-corrected chi connectivity index (χ2v) is 6.81. The second kappa shape index (κ2) is 5.27. The number of anilines is 1. The van der Waals surface area contributed by atoms with E-state index in [9.17, 15) is 0 Å². The van der Waals surface area contributed by atoms with Gasteiger partial charge in [-0.3, -0.25) is 4.90 Å². The van der Waals surface area contributed by atoms with Crippen LogP contribution in [0.4, 0.5) is 5.82 Å². The maximum atomic E-state index is 6.12. The first-order valence-corrected chi connectivity index (χ1v) is 7.86. The van der Waals surface area contributed by atoms with Crippen LogP contribution >= 0.6 is 11.3 Å². The number of likely N-dealkylation sites (tertiary alicyclic amines) is 1. The monoisotopic (exact) mass is 291 g/mol. The van der Waals surface area contributed by atoms with Crippen molar-refractivity contribution < 1.29 is 0 Å². The zero-order chi connectivity index (χ0) is 14.3. The minimum atomic E-state index is 0.349. The van der Waals surface area contributed by atoms with Crippen molar-refractivity contribution in [2.24, 2.45) is 5.73 Å². The molecule has 0 saturated carbocycles. The lowest BCUT2D eigenvalue weighted by Crippen LogP contribution is -2.39. The highest BCUT2D eigenvalue weighted by Crippen LogP contribution is 2.32. The highest BCUT2D eigenvalue weighted by atomic mass is 32.1. The summed E-state index contributed by atoms with van der Waals surface area (Å²) in [6.45, 7) is 6.99. The van der Waals surface area contributed by atoms with Crippen molar-refractivity contribution in [3.63, 3.8) is 0 Å². The predicted molar refractivity (Wildman–Crippen MR) is 83.8 cm³/mol. The van der Waals surface area contributed by atoms with Gasteiger partial charge in [0.15, 0.2) is 0 Å². The fourth-order valence-electron chi connectivity index (χ4n) is 2.71. The van der Waals surface area contributed by atoms with E-state index < -0.39 is 0 Å². The number of aromatic nitrogens is 2. The summed E-state index contributed by atoms with van der Waals surface area (Å²) in [5.41, 5.74) is 13.3. The Labute approximate surface area is 123 Å². The van der Waals surface area contributed by atoms with Crippen LogP contribution in [0.3, 0.4) is 0 Å². The molecule has 6 heteroatoms. The first kappa shape index (κ1) is 13.7. The Morgan fingerprint density at radius 3 is 2.65 bits per heavy atom. The van der Waals surface area contributed by atoms with E-state index in [2.05, 4.69) is 28.7 Å². The maximum absolute atomic E-state index is 6.12. The number of nitrogens with zero attached hydrogens (tertiary/aromatic N) is 3. The minimum absolute atomic E-state index is 0.349. The van der Waals surface area contributed by atoms with Crippen LogP contribution in [-0.4, -0.2) is 34.0 Å². The van der Waals surface area contributed by atoms with Crippen molar-refractivity contribution >= 4 is 27.4 Å². The highest BCUT2D eigenvalue weighted by Gasteiger charge is 2.18. The molecule has 2 aromatic rings. The normalized spacial score (nSPS) is 17.9. The molecule has 0 aromatic carbocycles. The quantitative estimate of drug-likeness (QED) is 0.882. The number of rotatable bonds is 2. The van der Waals surface area contributed by atoms with E-state index in [0.717, 1.165) is 48.5 Å². The Morgan fingerprint density at radius 2 is 1.95 bits per heavy atom. The van der Waals surface area contributed by atoms with Crippen LogP contribution in [-0.2, 0) is 6.54 Å². The van der Waals surface area contributed by atoms with Crippen LogP contribution in [0.1, 0.15) is 29.1 Å². The third-order valence-electron chi connectivity index (χ3n) is 4.10. The summed E-state index contributed by atoms with van der Waals surface area (Å²) >= 11 is 1.70. The molecule has 0 amide bonds. The van der Waals surface area contributed by atoms with Crippen LogP contribution in [0.25, 0.3) is 10.2 Å². The number of aryl methyl sites for hydroxylation is 2. The van der Waals surface area contributed by atoms with E-state index >= 15 is 0 Å². The van der Waals surface area contributed by atoms with Gasteiger partial charge in [-0.05, 0) is 32.3 Å². The molecule has 1 aliphatic rings. The first-order chi connectivity index (χ1) is 9.54. The standard InChI is InChI=1S/C14H21N5S/c1-8-9(2)20-14-12(8)13(16)17-11(18-14)7-19-5-3-10(15)4-6-19/h10H,3-7,15H2,1-2H3,(H2,16,17,18). The van der Waals surface area contributed by atoms with Gasteiger partial charge in [-0.15, -0.1) is 11.3 Å². The molecule has 20 heavy (non-hydrogen) atoms. The van der Waals surface area contributed by atoms with Crippen LogP contribution < -0.4 is 11.5 Å². The van der Waals surface area contributed by atoms with Crippen LogP contribution in [0.5, 0.6) is 0 Å². The first-order valence-electron chi connectivity index (χ1n) is 7.04. The number of hydrogen-bond acceptors (Lipinski definition) is 6. The smallest absolute Gasteiger partial charge is 0.146 e. The van der Waals surface area contributed by atoms with Crippen molar-refractivity contribution in [1.82, 2.24) is 14.9 Å². The molecule has 2 aromatic heterocycles. The molecule has 0 bridgehead atoms. The molecule has 4 N–H and O–H groups in total. The molecule has 1 aliphatic heterocycles. The van der Waals surface area contributed by atoms with Crippen molar-refractivity contribution in [2.75, 3.05) is 18.8 Å². The summed E-state index contributed by atoms with van der Waals surface area (Å²) in [6, 6.07) is 0.349. The lowest BCUT2D eigenvalue weighted by Gasteiger charge is -2.29. The molecule has 5 nitrogen and oxygen atoms in total. The van der Waals surface area contributed by atoms with Crippen LogP contribution in [0, 0.1) is 13.8 Å². The summed E-state index contributed by atoms with van der Waals surface area (Å²) < 4.78 is 0. The van der Waals surface area contributed by atoms with E-state index in [1.807, 2.05) is 0 Å². The number of piperidine rings is 1. The van der Waals surface area contributed by atoms with Gasteiger partial charge < -0.3 is 11.5 Å². The van der Waals surface area contributed by atoms with Gasteiger partial charge >= 0.3 is 0 Å². The van der Waals surface area contributed by atoms with Crippen molar-refractivity contribution in [3.8, 4) is 0 Å². The molecule has 0 spiro atoms. The van der Waals surface area contributed by atoms with Gasteiger partial charge in [-0.1, -0.05) is 0 Å². The van der Waals surface area contributed by atoms with E-state index in [0.29, 0.717) is 11.9 Å². The third-order valence-corrected chi connectivity index (χ3v) is 5.20. The molecule has 0 radical (unpaired) electrons. The van der Waals surface area contributed by atoms with Crippen LogP contribution in [0.2, 0.25) is 0 Å². The van der Waals surface area contributed by atoms with Gasteiger partial charge in [0.1, 0.15) is 16.5 Å². The molecule has 0 atom stereocenters. The van der Waals surface area contributed by atoms with Gasteiger partial charge in [0, 0.05) is 24.0 Å². The van der Waals surface area contributed by atoms with Crippen molar-refractivity contribution in [3.05, 3.63) is 16.3 Å².